The average molecular weight is 409 g/mol. The molecule has 1 aliphatic heterocycles. The third kappa shape index (κ3) is 5.17. The van der Waals surface area contributed by atoms with Crippen LogP contribution in [-0.2, 0) is 10.4 Å². The number of carbonyl (C=O) groups excluding carboxylic acids is 1. The predicted molar refractivity (Wildman–Crippen MR) is 95.7 cm³/mol. The fourth-order valence-electron chi connectivity index (χ4n) is 2.60. The minimum absolute atomic E-state index is 0.259. The highest BCUT2D eigenvalue weighted by Crippen LogP contribution is 2.33. The molecule has 0 saturated heterocycles. The summed E-state index contributed by atoms with van der Waals surface area (Å²) >= 11 is 0. The van der Waals surface area contributed by atoms with Gasteiger partial charge in [0.15, 0.2) is 0 Å². The Bertz CT molecular complexity index is 898. The highest BCUT2D eigenvalue weighted by atomic mass is 19.4. The first kappa shape index (κ1) is 20.5. The second kappa shape index (κ2) is 8.00. The summed E-state index contributed by atoms with van der Waals surface area (Å²) in [5.74, 6) is 0.0369. The molecule has 0 fully saturated rings. The van der Waals surface area contributed by atoms with Crippen LogP contribution in [0.1, 0.15) is 29.9 Å². The van der Waals surface area contributed by atoms with Crippen LogP contribution in [0.5, 0.6) is 11.5 Å². The Kier molecular flexibility index (Phi) is 5.64. The van der Waals surface area contributed by atoms with Gasteiger partial charge in [0.1, 0.15) is 22.8 Å². The fraction of sp³-hybridized carbons (Fsp3) is 0.263. The standard InChI is InChI=1S/C19H18F3N3O4/c1-3-23-17(26)15-9-8-14(11-24-15)27-16-10-18(2,29-25-16)12-4-6-13(7-5-12)28-19(20,21)22/h4-11,25H,3H2,1-2H3,(H,23,26). The van der Waals surface area contributed by atoms with E-state index >= 15 is 0 Å². The molecule has 7 nitrogen and oxygen atoms in total. The van der Waals surface area contributed by atoms with Crippen molar-refractivity contribution in [3.05, 3.63) is 65.8 Å². The van der Waals surface area contributed by atoms with Crippen molar-refractivity contribution in [2.75, 3.05) is 6.54 Å². The van der Waals surface area contributed by atoms with Crippen molar-refractivity contribution < 1.29 is 32.3 Å². The molecule has 2 aromatic rings. The number of ether oxygens (including phenoxy) is 2. The number of halogens is 3. The van der Waals surface area contributed by atoms with Crippen LogP contribution in [-0.4, -0.2) is 23.8 Å². The monoisotopic (exact) mass is 409 g/mol. The number of hydrogen-bond donors (Lipinski definition) is 2. The molecular weight excluding hydrogens is 391 g/mol. The molecular formula is C19H18F3N3O4. The van der Waals surface area contributed by atoms with Crippen molar-refractivity contribution in [2.24, 2.45) is 0 Å². The number of carbonyl (C=O) groups is 1. The molecule has 2 N–H and O–H groups in total. The zero-order valence-electron chi connectivity index (χ0n) is 15.5. The van der Waals surface area contributed by atoms with Crippen LogP contribution in [0, 0.1) is 0 Å². The number of pyridine rings is 1. The number of nitrogens with one attached hydrogen (secondary N) is 2. The lowest BCUT2D eigenvalue weighted by atomic mass is 9.96. The Morgan fingerprint density at radius 2 is 1.90 bits per heavy atom. The number of aromatic nitrogens is 1. The van der Waals surface area contributed by atoms with Gasteiger partial charge in [0.2, 0.25) is 5.88 Å². The molecule has 1 atom stereocenters. The van der Waals surface area contributed by atoms with E-state index < -0.39 is 12.0 Å². The van der Waals surface area contributed by atoms with Crippen molar-refractivity contribution >= 4 is 5.91 Å². The van der Waals surface area contributed by atoms with Crippen molar-refractivity contribution in [1.82, 2.24) is 15.8 Å². The van der Waals surface area contributed by atoms with Crippen LogP contribution in [0.25, 0.3) is 0 Å². The van der Waals surface area contributed by atoms with E-state index in [1.807, 2.05) is 6.92 Å². The summed E-state index contributed by atoms with van der Waals surface area (Å²) in [5.41, 5.74) is 2.50. The minimum atomic E-state index is -4.75. The number of hydrogen-bond acceptors (Lipinski definition) is 6. The predicted octanol–water partition coefficient (Wildman–Crippen LogP) is 3.40. The molecule has 3 rings (SSSR count). The Labute approximate surface area is 164 Å². The van der Waals surface area contributed by atoms with Gasteiger partial charge in [0.25, 0.3) is 5.91 Å². The van der Waals surface area contributed by atoms with Crippen molar-refractivity contribution in [3.8, 4) is 11.5 Å². The lowest BCUT2D eigenvalue weighted by Gasteiger charge is -2.20. The van der Waals surface area contributed by atoms with Crippen LogP contribution < -0.4 is 20.3 Å². The van der Waals surface area contributed by atoms with Gasteiger partial charge in [-0.25, -0.2) is 10.5 Å². The van der Waals surface area contributed by atoms with Gasteiger partial charge < -0.3 is 14.8 Å². The summed E-state index contributed by atoms with van der Waals surface area (Å²) in [6.07, 6.45) is -1.73. The first-order valence-electron chi connectivity index (χ1n) is 8.64. The first-order valence-corrected chi connectivity index (χ1v) is 8.64. The maximum atomic E-state index is 12.3. The molecule has 154 valence electrons. The average Bonchev–Trinajstić information content (AvgIpc) is 3.03. The normalized spacial score (nSPS) is 18.6. The van der Waals surface area contributed by atoms with Gasteiger partial charge in [-0.15, -0.1) is 13.2 Å². The molecule has 0 aliphatic carbocycles. The highest BCUT2D eigenvalue weighted by Gasteiger charge is 2.34. The number of nitrogens with zero attached hydrogens (tertiary/aromatic N) is 1. The summed E-state index contributed by atoms with van der Waals surface area (Å²) in [7, 11) is 0. The molecule has 10 heteroatoms. The molecule has 1 aromatic heterocycles. The third-order valence-electron chi connectivity index (χ3n) is 3.97. The molecule has 0 spiro atoms. The van der Waals surface area contributed by atoms with Gasteiger partial charge in [-0.2, -0.15) is 0 Å². The Morgan fingerprint density at radius 1 is 1.21 bits per heavy atom. The highest BCUT2D eigenvalue weighted by molar-refractivity contribution is 5.92. The molecule has 0 saturated carbocycles. The quantitative estimate of drug-likeness (QED) is 0.761. The molecule has 0 bridgehead atoms. The number of alkyl halides is 3. The van der Waals surface area contributed by atoms with Gasteiger partial charge in [-0.3, -0.25) is 9.63 Å². The Morgan fingerprint density at radius 3 is 2.48 bits per heavy atom. The van der Waals surface area contributed by atoms with E-state index in [2.05, 4.69) is 20.5 Å². The number of rotatable bonds is 6. The Balaban J connectivity index is 1.68. The number of benzene rings is 1. The van der Waals surface area contributed by atoms with E-state index in [9.17, 15) is 18.0 Å². The number of hydroxylamine groups is 1. The lowest BCUT2D eigenvalue weighted by Crippen LogP contribution is -2.24. The van der Waals surface area contributed by atoms with Gasteiger partial charge in [0, 0.05) is 12.6 Å². The SMILES string of the molecule is CCNC(=O)c1ccc(OC2=CC(C)(c3ccc(OC(F)(F)F)cc3)ON2)cn1. The summed E-state index contributed by atoms with van der Waals surface area (Å²) in [4.78, 5) is 21.3. The van der Waals surface area contributed by atoms with Crippen LogP contribution in [0.2, 0.25) is 0 Å². The van der Waals surface area contributed by atoms with E-state index in [1.54, 1.807) is 19.1 Å². The molecule has 29 heavy (non-hydrogen) atoms. The maximum Gasteiger partial charge on any atom is 0.573 e. The van der Waals surface area contributed by atoms with Crippen molar-refractivity contribution in [2.45, 2.75) is 25.8 Å². The molecule has 0 radical (unpaired) electrons. The smallest absolute Gasteiger partial charge is 0.438 e. The van der Waals surface area contributed by atoms with Gasteiger partial charge in [0.05, 0.1) is 6.20 Å². The zero-order chi connectivity index (χ0) is 21.1. The van der Waals surface area contributed by atoms with Crippen molar-refractivity contribution in [1.29, 1.82) is 0 Å². The molecule has 1 aliphatic rings. The van der Waals surface area contributed by atoms with E-state index in [4.69, 9.17) is 9.57 Å². The van der Waals surface area contributed by atoms with E-state index in [0.29, 0.717) is 17.9 Å². The summed E-state index contributed by atoms with van der Waals surface area (Å²) in [6, 6.07) is 8.44. The maximum absolute atomic E-state index is 12.3. The second-order valence-corrected chi connectivity index (χ2v) is 6.23. The summed E-state index contributed by atoms with van der Waals surface area (Å²) in [5, 5.41) is 2.64. The van der Waals surface area contributed by atoms with Crippen LogP contribution in [0.15, 0.2) is 54.6 Å². The molecule has 1 aromatic carbocycles. The topological polar surface area (TPSA) is 81.7 Å². The fourth-order valence-corrected chi connectivity index (χ4v) is 2.60. The van der Waals surface area contributed by atoms with Crippen LogP contribution in [0.3, 0.4) is 0 Å². The zero-order valence-corrected chi connectivity index (χ0v) is 15.5. The first-order chi connectivity index (χ1) is 13.7. The minimum Gasteiger partial charge on any atom is -0.438 e. The van der Waals surface area contributed by atoms with E-state index in [0.717, 1.165) is 0 Å². The number of amides is 1. The van der Waals surface area contributed by atoms with E-state index in [-0.39, 0.29) is 23.2 Å². The van der Waals surface area contributed by atoms with Gasteiger partial charge >= 0.3 is 6.36 Å². The second-order valence-electron chi connectivity index (χ2n) is 6.23. The van der Waals surface area contributed by atoms with E-state index in [1.165, 1.54) is 36.5 Å². The van der Waals surface area contributed by atoms with Crippen LogP contribution in [0.4, 0.5) is 13.2 Å². The van der Waals surface area contributed by atoms with Crippen molar-refractivity contribution in [3.63, 3.8) is 0 Å². The summed E-state index contributed by atoms with van der Waals surface area (Å²) < 4.78 is 46.3. The molecule has 1 unspecified atom stereocenters. The largest absolute Gasteiger partial charge is 0.573 e. The van der Waals surface area contributed by atoms with Gasteiger partial charge in [-0.1, -0.05) is 12.1 Å². The van der Waals surface area contributed by atoms with Gasteiger partial charge in [-0.05, 0) is 43.7 Å². The van der Waals surface area contributed by atoms with Crippen LogP contribution >= 0.6 is 0 Å². The summed E-state index contributed by atoms with van der Waals surface area (Å²) in [6.45, 7) is 4.02. The molecule has 1 amide bonds. The third-order valence-corrected chi connectivity index (χ3v) is 3.97. The molecule has 2 heterocycles. The lowest BCUT2D eigenvalue weighted by molar-refractivity contribution is -0.274. The Hall–Kier alpha value is -3.27.